The summed E-state index contributed by atoms with van der Waals surface area (Å²) in [5.41, 5.74) is 5.04. The second kappa shape index (κ2) is 6.19. The van der Waals surface area contributed by atoms with E-state index >= 15 is 0 Å². The molecule has 1 aromatic carbocycles. The van der Waals surface area contributed by atoms with Crippen molar-refractivity contribution in [2.45, 2.75) is 39.2 Å². The third-order valence-corrected chi connectivity index (χ3v) is 2.82. The molecule has 0 fully saturated rings. The third kappa shape index (κ3) is 5.03. The second-order valence-corrected chi connectivity index (χ2v) is 5.60. The van der Waals surface area contributed by atoms with Gasteiger partial charge in [-0.2, -0.15) is 0 Å². The Morgan fingerprint density at radius 1 is 1.37 bits per heavy atom. The van der Waals surface area contributed by atoms with Crippen LogP contribution in [-0.2, 0) is 0 Å². The zero-order valence-electron chi connectivity index (χ0n) is 11.6. The van der Waals surface area contributed by atoms with Crippen LogP contribution in [0.2, 0.25) is 0 Å². The molecule has 0 aromatic heterocycles. The smallest absolute Gasteiger partial charge is 0.265 e. The minimum Gasteiger partial charge on any atom is -0.399 e. The van der Waals surface area contributed by atoms with Crippen LogP contribution in [0, 0.1) is 5.92 Å². The number of hydrogen-bond donors (Lipinski definition) is 3. The molecule has 1 unspecified atom stereocenters. The number of hydrogen-bond acceptors (Lipinski definition) is 3. The van der Waals surface area contributed by atoms with E-state index in [1.807, 2.05) is 13.8 Å². The van der Waals surface area contributed by atoms with E-state index in [1.54, 1.807) is 13.0 Å². The number of anilines is 2. The van der Waals surface area contributed by atoms with Gasteiger partial charge in [0, 0.05) is 23.5 Å². The normalized spacial score (nSPS) is 14.7. The number of nitrogens with one attached hydrogen (secondary N) is 1. The number of nitrogens with two attached hydrogens (primary N) is 1. The molecule has 4 N–H and O–H groups in total. The average Bonchev–Trinajstić information content (AvgIpc) is 2.25. The zero-order valence-corrected chi connectivity index (χ0v) is 11.6. The van der Waals surface area contributed by atoms with Gasteiger partial charge in [0.1, 0.15) is 0 Å². The minimum absolute atomic E-state index is 0.139. The first-order chi connectivity index (χ1) is 8.71. The van der Waals surface area contributed by atoms with Crippen molar-refractivity contribution in [3.63, 3.8) is 0 Å². The Morgan fingerprint density at radius 2 is 2.00 bits per heavy atom. The van der Waals surface area contributed by atoms with Crippen molar-refractivity contribution < 1.29 is 13.9 Å². The zero-order chi connectivity index (χ0) is 14.6. The molecule has 108 valence electrons. The first kappa shape index (κ1) is 15.7. The second-order valence-electron chi connectivity index (χ2n) is 5.60. The van der Waals surface area contributed by atoms with E-state index in [2.05, 4.69) is 5.32 Å². The van der Waals surface area contributed by atoms with E-state index in [9.17, 15) is 13.9 Å². The van der Waals surface area contributed by atoms with Crippen LogP contribution >= 0.6 is 0 Å². The lowest BCUT2D eigenvalue weighted by Crippen LogP contribution is -2.35. The van der Waals surface area contributed by atoms with Crippen molar-refractivity contribution in [3.8, 4) is 0 Å². The highest BCUT2D eigenvalue weighted by molar-refractivity contribution is 5.58. The molecule has 0 amide bonds. The summed E-state index contributed by atoms with van der Waals surface area (Å²) >= 11 is 0. The third-order valence-electron chi connectivity index (χ3n) is 2.82. The topological polar surface area (TPSA) is 58.3 Å². The summed E-state index contributed by atoms with van der Waals surface area (Å²) in [6.07, 6.45) is -2.00. The molecule has 19 heavy (non-hydrogen) atoms. The molecule has 0 heterocycles. The van der Waals surface area contributed by atoms with Crippen molar-refractivity contribution in [3.05, 3.63) is 23.8 Å². The summed E-state index contributed by atoms with van der Waals surface area (Å²) in [6.45, 7) is 5.92. The standard InChI is InChI=1S/C14H22F2N2O/c1-9(2)7-14(3,19)8-18-12-5-4-10(17)6-11(12)13(15)16/h4-6,9,13,18-19H,7-8,17H2,1-3H3. The molecule has 0 saturated heterocycles. The van der Waals surface area contributed by atoms with Crippen molar-refractivity contribution in [1.82, 2.24) is 0 Å². The highest BCUT2D eigenvalue weighted by Crippen LogP contribution is 2.29. The fraction of sp³-hybridized carbons (Fsp3) is 0.571. The van der Waals surface area contributed by atoms with Crippen molar-refractivity contribution in [1.29, 1.82) is 0 Å². The van der Waals surface area contributed by atoms with E-state index < -0.39 is 12.0 Å². The van der Waals surface area contributed by atoms with Gasteiger partial charge >= 0.3 is 0 Å². The molecule has 0 saturated carbocycles. The summed E-state index contributed by atoms with van der Waals surface area (Å²) in [7, 11) is 0. The highest BCUT2D eigenvalue weighted by Gasteiger charge is 2.22. The number of benzene rings is 1. The minimum atomic E-state index is -2.60. The van der Waals surface area contributed by atoms with Gasteiger partial charge in [0.2, 0.25) is 0 Å². The van der Waals surface area contributed by atoms with Gasteiger partial charge in [-0.05, 0) is 37.5 Å². The fourth-order valence-electron chi connectivity index (χ4n) is 2.16. The molecule has 0 spiro atoms. The van der Waals surface area contributed by atoms with Crippen LogP contribution in [0.25, 0.3) is 0 Å². The molecule has 1 atom stereocenters. The largest absolute Gasteiger partial charge is 0.399 e. The summed E-state index contributed by atoms with van der Waals surface area (Å²) in [6, 6.07) is 4.33. The Hall–Kier alpha value is -1.36. The highest BCUT2D eigenvalue weighted by atomic mass is 19.3. The summed E-state index contributed by atoms with van der Waals surface area (Å²) < 4.78 is 25.8. The van der Waals surface area contributed by atoms with Crippen LogP contribution in [0.5, 0.6) is 0 Å². The van der Waals surface area contributed by atoms with Crippen LogP contribution < -0.4 is 11.1 Å². The molecule has 0 aliphatic rings. The van der Waals surface area contributed by atoms with Crippen molar-refractivity contribution in [2.24, 2.45) is 5.92 Å². The molecule has 1 aromatic rings. The Bertz CT molecular complexity index is 420. The molecular weight excluding hydrogens is 250 g/mol. The van der Waals surface area contributed by atoms with E-state index in [1.165, 1.54) is 12.1 Å². The number of rotatable bonds is 6. The predicted octanol–water partition coefficient (Wildman–Crippen LogP) is 3.42. The predicted molar refractivity (Wildman–Crippen MR) is 74.4 cm³/mol. The molecule has 3 nitrogen and oxygen atoms in total. The molecule has 5 heteroatoms. The Kier molecular flexibility index (Phi) is 5.11. The molecule has 0 radical (unpaired) electrons. The first-order valence-electron chi connectivity index (χ1n) is 6.35. The van der Waals surface area contributed by atoms with Gasteiger partial charge in [0.25, 0.3) is 6.43 Å². The van der Waals surface area contributed by atoms with E-state index in [0.717, 1.165) is 0 Å². The number of alkyl halides is 2. The van der Waals surface area contributed by atoms with E-state index in [0.29, 0.717) is 23.7 Å². The number of halogens is 2. The molecule has 1 rings (SSSR count). The van der Waals surface area contributed by atoms with Gasteiger partial charge in [-0.3, -0.25) is 0 Å². The maximum atomic E-state index is 12.9. The van der Waals surface area contributed by atoms with Gasteiger partial charge in [-0.15, -0.1) is 0 Å². The average molecular weight is 272 g/mol. The first-order valence-corrected chi connectivity index (χ1v) is 6.35. The van der Waals surface area contributed by atoms with E-state index in [-0.39, 0.29) is 12.1 Å². The monoisotopic (exact) mass is 272 g/mol. The van der Waals surface area contributed by atoms with Crippen LogP contribution in [0.1, 0.15) is 39.2 Å². The van der Waals surface area contributed by atoms with Crippen LogP contribution in [0.15, 0.2) is 18.2 Å². The van der Waals surface area contributed by atoms with Crippen LogP contribution in [0.4, 0.5) is 20.2 Å². The SMILES string of the molecule is CC(C)CC(C)(O)CNc1ccc(N)cc1C(F)F. The van der Waals surface area contributed by atoms with Crippen molar-refractivity contribution >= 4 is 11.4 Å². The lowest BCUT2D eigenvalue weighted by atomic mass is 9.94. The van der Waals surface area contributed by atoms with Crippen LogP contribution in [-0.4, -0.2) is 17.3 Å². The molecular formula is C14H22F2N2O. The van der Waals surface area contributed by atoms with Gasteiger partial charge in [-0.1, -0.05) is 13.8 Å². The maximum Gasteiger partial charge on any atom is 0.265 e. The lowest BCUT2D eigenvalue weighted by molar-refractivity contribution is 0.0514. The molecule has 0 bridgehead atoms. The molecule has 0 aliphatic carbocycles. The Balaban J connectivity index is 2.77. The molecule has 0 aliphatic heterocycles. The lowest BCUT2D eigenvalue weighted by Gasteiger charge is -2.26. The quantitative estimate of drug-likeness (QED) is 0.695. The summed E-state index contributed by atoms with van der Waals surface area (Å²) in [4.78, 5) is 0. The van der Waals surface area contributed by atoms with Gasteiger partial charge in [-0.25, -0.2) is 8.78 Å². The summed E-state index contributed by atoms with van der Waals surface area (Å²) in [5, 5.41) is 13.0. The summed E-state index contributed by atoms with van der Waals surface area (Å²) in [5.74, 6) is 0.331. The van der Waals surface area contributed by atoms with Gasteiger partial charge in [0.05, 0.1) is 5.60 Å². The van der Waals surface area contributed by atoms with Crippen molar-refractivity contribution in [2.75, 3.05) is 17.6 Å². The Labute approximate surface area is 112 Å². The number of aliphatic hydroxyl groups is 1. The fourth-order valence-corrected chi connectivity index (χ4v) is 2.16. The number of nitrogen functional groups attached to an aromatic ring is 1. The van der Waals surface area contributed by atoms with E-state index in [4.69, 9.17) is 5.73 Å². The maximum absolute atomic E-state index is 12.9. The van der Waals surface area contributed by atoms with Gasteiger partial charge in [0.15, 0.2) is 0 Å². The van der Waals surface area contributed by atoms with Gasteiger partial charge < -0.3 is 16.2 Å². The van der Waals surface area contributed by atoms with Crippen LogP contribution in [0.3, 0.4) is 0 Å². The Morgan fingerprint density at radius 3 is 2.53 bits per heavy atom.